The van der Waals surface area contributed by atoms with Crippen molar-refractivity contribution in [1.29, 1.82) is 0 Å². The summed E-state index contributed by atoms with van der Waals surface area (Å²) in [5, 5.41) is 3.48. The van der Waals surface area contributed by atoms with Gasteiger partial charge in [-0.3, -0.25) is 0 Å². The molecular weight excluding hydrogens is 186 g/mol. The first-order valence-corrected chi connectivity index (χ1v) is 5.62. The predicted molar refractivity (Wildman–Crippen MR) is 62.0 cm³/mol. The second-order valence-electron chi connectivity index (χ2n) is 4.31. The van der Waals surface area contributed by atoms with E-state index in [-0.39, 0.29) is 0 Å². The van der Waals surface area contributed by atoms with Crippen LogP contribution in [0.1, 0.15) is 30.4 Å². The van der Waals surface area contributed by atoms with E-state index in [0.29, 0.717) is 18.6 Å². The molecule has 0 aromatic heterocycles. The van der Waals surface area contributed by atoms with Gasteiger partial charge >= 0.3 is 0 Å². The van der Waals surface area contributed by atoms with Crippen LogP contribution in [0.2, 0.25) is 0 Å². The van der Waals surface area contributed by atoms with Gasteiger partial charge in [0.2, 0.25) is 0 Å². The molecule has 1 saturated heterocycles. The third kappa shape index (κ3) is 2.39. The van der Waals surface area contributed by atoms with Gasteiger partial charge in [0.1, 0.15) is 0 Å². The topological polar surface area (TPSA) is 21.3 Å². The molecule has 1 aromatic carbocycles. The van der Waals surface area contributed by atoms with E-state index in [2.05, 4.69) is 36.5 Å². The summed E-state index contributed by atoms with van der Waals surface area (Å²) in [5.74, 6) is 0.682. The Labute approximate surface area is 91.6 Å². The third-order valence-electron chi connectivity index (χ3n) is 3.24. The molecule has 0 spiro atoms. The van der Waals surface area contributed by atoms with Crippen LogP contribution in [0.3, 0.4) is 0 Å². The van der Waals surface area contributed by atoms with E-state index >= 15 is 0 Å². The minimum Gasteiger partial charge on any atom is -0.380 e. The molecule has 2 heteroatoms. The molecule has 1 N–H and O–H groups in total. The van der Waals surface area contributed by atoms with E-state index in [1.54, 1.807) is 7.11 Å². The van der Waals surface area contributed by atoms with Gasteiger partial charge in [0.05, 0.1) is 6.61 Å². The fourth-order valence-corrected chi connectivity index (χ4v) is 2.34. The SMILES string of the molecule is COCc1ccc(C2CCNC2C)cc1. The lowest BCUT2D eigenvalue weighted by atomic mass is 9.92. The van der Waals surface area contributed by atoms with Crippen molar-refractivity contribution >= 4 is 0 Å². The number of nitrogens with one attached hydrogen (secondary N) is 1. The lowest BCUT2D eigenvalue weighted by Crippen LogP contribution is -2.21. The Morgan fingerprint density at radius 1 is 1.33 bits per heavy atom. The number of hydrogen-bond acceptors (Lipinski definition) is 2. The highest BCUT2D eigenvalue weighted by Gasteiger charge is 2.23. The maximum atomic E-state index is 5.10. The van der Waals surface area contributed by atoms with E-state index in [1.807, 2.05) is 0 Å². The molecule has 0 bridgehead atoms. The van der Waals surface area contributed by atoms with Crippen LogP contribution in [-0.4, -0.2) is 19.7 Å². The molecule has 2 unspecified atom stereocenters. The summed E-state index contributed by atoms with van der Waals surface area (Å²) in [7, 11) is 1.73. The molecule has 2 nitrogen and oxygen atoms in total. The Morgan fingerprint density at radius 2 is 2.07 bits per heavy atom. The minimum atomic E-state index is 0.610. The van der Waals surface area contributed by atoms with Crippen molar-refractivity contribution in [2.24, 2.45) is 0 Å². The molecule has 15 heavy (non-hydrogen) atoms. The Kier molecular flexibility index (Phi) is 3.39. The number of benzene rings is 1. The summed E-state index contributed by atoms with van der Waals surface area (Å²) in [6.45, 7) is 4.12. The summed E-state index contributed by atoms with van der Waals surface area (Å²) in [6.07, 6.45) is 1.25. The fourth-order valence-electron chi connectivity index (χ4n) is 2.34. The maximum Gasteiger partial charge on any atom is 0.0713 e. The van der Waals surface area contributed by atoms with Crippen molar-refractivity contribution < 1.29 is 4.74 Å². The molecule has 0 saturated carbocycles. The van der Waals surface area contributed by atoms with Gasteiger partial charge in [-0.1, -0.05) is 24.3 Å². The summed E-state index contributed by atoms with van der Waals surface area (Å²) < 4.78 is 5.10. The van der Waals surface area contributed by atoms with Crippen LogP contribution in [0.4, 0.5) is 0 Å². The standard InChI is InChI=1S/C13H19NO/c1-10-13(7-8-14-10)12-5-3-11(4-6-12)9-15-2/h3-6,10,13-14H,7-9H2,1-2H3. The Hall–Kier alpha value is -0.860. The normalized spacial score (nSPS) is 25.7. The Morgan fingerprint density at radius 3 is 2.60 bits per heavy atom. The number of rotatable bonds is 3. The van der Waals surface area contributed by atoms with Crippen molar-refractivity contribution in [3.8, 4) is 0 Å². The molecule has 1 fully saturated rings. The third-order valence-corrected chi connectivity index (χ3v) is 3.24. The van der Waals surface area contributed by atoms with Crippen molar-refractivity contribution in [2.75, 3.05) is 13.7 Å². The van der Waals surface area contributed by atoms with E-state index in [0.717, 1.165) is 6.54 Å². The van der Waals surface area contributed by atoms with Crippen LogP contribution in [0.25, 0.3) is 0 Å². The van der Waals surface area contributed by atoms with Crippen LogP contribution in [0.15, 0.2) is 24.3 Å². The summed E-state index contributed by atoms with van der Waals surface area (Å²) >= 11 is 0. The van der Waals surface area contributed by atoms with Gasteiger partial charge in [-0.25, -0.2) is 0 Å². The van der Waals surface area contributed by atoms with Crippen molar-refractivity contribution in [2.45, 2.75) is 31.9 Å². The molecule has 1 heterocycles. The zero-order chi connectivity index (χ0) is 10.7. The van der Waals surface area contributed by atoms with Crippen molar-refractivity contribution in [3.05, 3.63) is 35.4 Å². The second-order valence-corrected chi connectivity index (χ2v) is 4.31. The number of methoxy groups -OCH3 is 1. The number of hydrogen-bond donors (Lipinski definition) is 1. The molecule has 1 aromatic rings. The molecule has 82 valence electrons. The zero-order valence-corrected chi connectivity index (χ0v) is 9.49. The van der Waals surface area contributed by atoms with E-state index in [4.69, 9.17) is 4.74 Å². The van der Waals surface area contributed by atoms with Crippen molar-refractivity contribution in [3.63, 3.8) is 0 Å². The highest BCUT2D eigenvalue weighted by Crippen LogP contribution is 2.27. The predicted octanol–water partition coefficient (Wildman–Crippen LogP) is 2.30. The Balaban J connectivity index is 2.09. The van der Waals surface area contributed by atoms with Crippen LogP contribution < -0.4 is 5.32 Å². The highest BCUT2D eigenvalue weighted by molar-refractivity contribution is 5.27. The maximum absolute atomic E-state index is 5.10. The molecule has 2 atom stereocenters. The van der Waals surface area contributed by atoms with Crippen LogP contribution in [-0.2, 0) is 11.3 Å². The second kappa shape index (κ2) is 4.77. The first-order valence-electron chi connectivity index (χ1n) is 5.62. The van der Waals surface area contributed by atoms with Gasteiger partial charge in [-0.05, 0) is 31.0 Å². The summed E-state index contributed by atoms with van der Waals surface area (Å²) in [4.78, 5) is 0. The molecule has 0 aliphatic carbocycles. The summed E-state index contributed by atoms with van der Waals surface area (Å²) in [5.41, 5.74) is 2.70. The molecular formula is C13H19NO. The zero-order valence-electron chi connectivity index (χ0n) is 9.49. The largest absolute Gasteiger partial charge is 0.380 e. The lowest BCUT2D eigenvalue weighted by molar-refractivity contribution is 0.185. The first-order chi connectivity index (χ1) is 7.31. The lowest BCUT2D eigenvalue weighted by Gasteiger charge is -2.15. The van der Waals surface area contributed by atoms with E-state index in [1.165, 1.54) is 17.5 Å². The van der Waals surface area contributed by atoms with Gasteiger partial charge in [0.15, 0.2) is 0 Å². The molecule has 2 rings (SSSR count). The van der Waals surface area contributed by atoms with Gasteiger partial charge in [0.25, 0.3) is 0 Å². The molecule has 0 amide bonds. The minimum absolute atomic E-state index is 0.610. The fraction of sp³-hybridized carbons (Fsp3) is 0.538. The highest BCUT2D eigenvalue weighted by atomic mass is 16.5. The van der Waals surface area contributed by atoms with Gasteiger partial charge in [-0.15, -0.1) is 0 Å². The monoisotopic (exact) mass is 205 g/mol. The molecule has 1 aliphatic rings. The van der Waals surface area contributed by atoms with Crippen LogP contribution >= 0.6 is 0 Å². The van der Waals surface area contributed by atoms with Crippen LogP contribution in [0, 0.1) is 0 Å². The summed E-state index contributed by atoms with van der Waals surface area (Å²) in [6, 6.07) is 9.43. The van der Waals surface area contributed by atoms with Gasteiger partial charge in [0, 0.05) is 19.1 Å². The Bertz CT molecular complexity index is 307. The quantitative estimate of drug-likeness (QED) is 0.817. The number of ether oxygens (including phenoxy) is 1. The van der Waals surface area contributed by atoms with Crippen LogP contribution in [0.5, 0.6) is 0 Å². The molecule has 1 aliphatic heterocycles. The first kappa shape index (κ1) is 10.7. The van der Waals surface area contributed by atoms with Gasteiger partial charge < -0.3 is 10.1 Å². The van der Waals surface area contributed by atoms with Crippen molar-refractivity contribution in [1.82, 2.24) is 5.32 Å². The average Bonchev–Trinajstić information content (AvgIpc) is 2.66. The van der Waals surface area contributed by atoms with E-state index < -0.39 is 0 Å². The average molecular weight is 205 g/mol. The van der Waals surface area contributed by atoms with Gasteiger partial charge in [-0.2, -0.15) is 0 Å². The smallest absolute Gasteiger partial charge is 0.0713 e. The molecule has 0 radical (unpaired) electrons. The van der Waals surface area contributed by atoms with E-state index in [9.17, 15) is 0 Å².